The number of aryl methyl sites for hydroxylation is 1. The molecule has 18 heavy (non-hydrogen) atoms. The lowest BCUT2D eigenvalue weighted by Crippen LogP contribution is -2.30. The first-order valence-electron chi connectivity index (χ1n) is 6.29. The van der Waals surface area contributed by atoms with Crippen molar-refractivity contribution in [1.29, 1.82) is 0 Å². The van der Waals surface area contributed by atoms with Gasteiger partial charge in [0.25, 0.3) is 0 Å². The number of hydrogen-bond donors (Lipinski definition) is 0. The Bertz CT molecular complexity index is 490. The average molecular weight is 241 g/mol. The molecule has 0 spiro atoms. The highest BCUT2D eigenvalue weighted by molar-refractivity contribution is 5.73. The van der Waals surface area contributed by atoms with E-state index < -0.39 is 0 Å². The quantitative estimate of drug-likeness (QED) is 0.582. The minimum Gasteiger partial charge on any atom is -0.357 e. The Kier molecular flexibility index (Phi) is 3.66. The molecule has 1 aliphatic rings. The van der Waals surface area contributed by atoms with E-state index in [1.54, 1.807) is 0 Å². The summed E-state index contributed by atoms with van der Waals surface area (Å²) in [5.74, 6) is 0. The number of nitrogens with zero attached hydrogens (tertiary/aromatic N) is 1. The fraction of sp³-hybridized carbons (Fsp3) is 0.312. The molecular weight excluding hydrogens is 222 g/mol. The van der Waals surface area contributed by atoms with Gasteiger partial charge in [-0.15, -0.1) is 6.58 Å². The van der Waals surface area contributed by atoms with Gasteiger partial charge in [0.2, 0.25) is 0 Å². The molecule has 2 rings (SSSR count). The second kappa shape index (κ2) is 5.21. The van der Waals surface area contributed by atoms with Crippen LogP contribution in [-0.2, 0) is 11.3 Å². The third kappa shape index (κ3) is 2.23. The fourth-order valence-electron chi connectivity index (χ4n) is 2.47. The Morgan fingerprint density at radius 3 is 2.94 bits per heavy atom. The lowest BCUT2D eigenvalue weighted by molar-refractivity contribution is -0.111. The summed E-state index contributed by atoms with van der Waals surface area (Å²) >= 11 is 0. The summed E-state index contributed by atoms with van der Waals surface area (Å²) in [6.45, 7) is 10.7. The van der Waals surface area contributed by atoms with Gasteiger partial charge in [0.1, 0.15) is 6.29 Å². The molecule has 1 heterocycles. The minimum atomic E-state index is -0.0943. The maximum Gasteiger partial charge on any atom is 0.142 e. The van der Waals surface area contributed by atoms with E-state index in [-0.39, 0.29) is 6.04 Å². The van der Waals surface area contributed by atoms with Crippen LogP contribution in [-0.4, -0.2) is 17.2 Å². The first-order chi connectivity index (χ1) is 8.67. The Hall–Kier alpha value is -1.83. The molecule has 1 aliphatic heterocycles. The van der Waals surface area contributed by atoms with Crippen LogP contribution in [0, 0.1) is 6.92 Å². The summed E-state index contributed by atoms with van der Waals surface area (Å²) in [6, 6.07) is 6.27. The number of rotatable bonds is 5. The predicted molar refractivity (Wildman–Crippen MR) is 75.0 cm³/mol. The predicted octanol–water partition coefficient (Wildman–Crippen LogP) is 3.32. The molecule has 0 aromatic heterocycles. The second-order valence-electron chi connectivity index (χ2n) is 4.80. The fourth-order valence-corrected chi connectivity index (χ4v) is 2.47. The first-order valence-corrected chi connectivity index (χ1v) is 6.29. The molecule has 2 heteroatoms. The molecule has 94 valence electrons. The Labute approximate surface area is 109 Å². The molecular formula is C16H19NO. The highest BCUT2D eigenvalue weighted by Crippen LogP contribution is 2.34. The zero-order valence-electron chi connectivity index (χ0n) is 10.9. The zero-order chi connectivity index (χ0) is 13.1. The van der Waals surface area contributed by atoms with Gasteiger partial charge in [0.05, 0.1) is 6.04 Å². The summed E-state index contributed by atoms with van der Waals surface area (Å²) in [7, 11) is 0. The number of aldehydes is 1. The van der Waals surface area contributed by atoms with Gasteiger partial charge in [-0.25, -0.2) is 0 Å². The van der Waals surface area contributed by atoms with Crippen molar-refractivity contribution in [2.45, 2.75) is 32.4 Å². The van der Waals surface area contributed by atoms with Crippen LogP contribution in [0.4, 0.5) is 0 Å². The maximum absolute atomic E-state index is 11.2. The van der Waals surface area contributed by atoms with E-state index in [0.29, 0.717) is 0 Å². The van der Waals surface area contributed by atoms with Crippen molar-refractivity contribution in [1.82, 2.24) is 4.90 Å². The lowest BCUT2D eigenvalue weighted by Gasteiger charge is -2.25. The average Bonchev–Trinajstić information content (AvgIpc) is 2.67. The van der Waals surface area contributed by atoms with Crippen LogP contribution < -0.4 is 0 Å². The van der Waals surface area contributed by atoms with Crippen molar-refractivity contribution >= 4 is 12.0 Å². The summed E-state index contributed by atoms with van der Waals surface area (Å²) in [4.78, 5) is 13.3. The SMILES string of the molecule is C=CCCC(C=O)N1Cc2cc(C)ccc2C1=C. The summed E-state index contributed by atoms with van der Waals surface area (Å²) in [5, 5.41) is 0. The van der Waals surface area contributed by atoms with Crippen molar-refractivity contribution < 1.29 is 4.79 Å². The number of carbonyl (C=O) groups is 1. The van der Waals surface area contributed by atoms with Crippen LogP contribution in [0.25, 0.3) is 5.70 Å². The lowest BCUT2D eigenvalue weighted by atomic mass is 10.1. The van der Waals surface area contributed by atoms with Gasteiger partial charge >= 0.3 is 0 Å². The molecule has 1 aromatic rings. The van der Waals surface area contributed by atoms with Crippen LogP contribution >= 0.6 is 0 Å². The monoisotopic (exact) mass is 241 g/mol. The number of fused-ring (bicyclic) bond motifs is 1. The second-order valence-corrected chi connectivity index (χ2v) is 4.80. The summed E-state index contributed by atoms with van der Waals surface area (Å²) < 4.78 is 0. The number of benzene rings is 1. The minimum absolute atomic E-state index is 0.0943. The summed E-state index contributed by atoms with van der Waals surface area (Å²) in [5.41, 5.74) is 4.65. The molecule has 0 saturated carbocycles. The van der Waals surface area contributed by atoms with Crippen LogP contribution in [0.1, 0.15) is 29.5 Å². The molecule has 0 saturated heterocycles. The van der Waals surface area contributed by atoms with E-state index in [9.17, 15) is 4.79 Å². The van der Waals surface area contributed by atoms with Crippen LogP contribution in [0.15, 0.2) is 37.4 Å². The van der Waals surface area contributed by atoms with E-state index in [0.717, 1.165) is 31.4 Å². The van der Waals surface area contributed by atoms with Gasteiger partial charge in [-0.3, -0.25) is 0 Å². The van der Waals surface area contributed by atoms with Crippen LogP contribution in [0.5, 0.6) is 0 Å². The topological polar surface area (TPSA) is 20.3 Å². The zero-order valence-corrected chi connectivity index (χ0v) is 10.9. The van der Waals surface area contributed by atoms with Crippen molar-refractivity contribution in [2.24, 2.45) is 0 Å². The molecule has 0 N–H and O–H groups in total. The third-order valence-electron chi connectivity index (χ3n) is 3.48. The molecule has 0 amide bonds. The Morgan fingerprint density at radius 2 is 2.28 bits per heavy atom. The first kappa shape index (κ1) is 12.6. The molecule has 1 aromatic carbocycles. The molecule has 0 fully saturated rings. The largest absolute Gasteiger partial charge is 0.357 e. The molecule has 1 atom stereocenters. The van der Waals surface area contributed by atoms with Crippen LogP contribution in [0.3, 0.4) is 0 Å². The summed E-state index contributed by atoms with van der Waals surface area (Å²) in [6.07, 6.45) is 4.53. The molecule has 0 aliphatic carbocycles. The van der Waals surface area contributed by atoms with Gasteiger partial charge in [0, 0.05) is 17.8 Å². The van der Waals surface area contributed by atoms with Crippen molar-refractivity contribution in [3.05, 3.63) is 54.1 Å². The van der Waals surface area contributed by atoms with E-state index in [1.807, 2.05) is 6.08 Å². The van der Waals surface area contributed by atoms with Gasteiger partial charge in [-0.2, -0.15) is 0 Å². The van der Waals surface area contributed by atoms with Gasteiger partial charge in [-0.1, -0.05) is 36.4 Å². The number of allylic oxidation sites excluding steroid dienone is 1. The third-order valence-corrected chi connectivity index (χ3v) is 3.48. The van der Waals surface area contributed by atoms with E-state index in [1.165, 1.54) is 16.7 Å². The molecule has 0 bridgehead atoms. The van der Waals surface area contributed by atoms with E-state index in [4.69, 9.17) is 0 Å². The van der Waals surface area contributed by atoms with Crippen molar-refractivity contribution in [2.75, 3.05) is 0 Å². The molecule has 2 nitrogen and oxygen atoms in total. The van der Waals surface area contributed by atoms with Gasteiger partial charge < -0.3 is 9.69 Å². The molecule has 1 unspecified atom stereocenters. The number of carbonyl (C=O) groups excluding carboxylic acids is 1. The van der Waals surface area contributed by atoms with E-state index in [2.05, 4.69) is 43.2 Å². The van der Waals surface area contributed by atoms with Crippen LogP contribution in [0.2, 0.25) is 0 Å². The van der Waals surface area contributed by atoms with Crippen molar-refractivity contribution in [3.8, 4) is 0 Å². The smallest absolute Gasteiger partial charge is 0.142 e. The van der Waals surface area contributed by atoms with Gasteiger partial charge in [-0.05, 0) is 25.3 Å². The highest BCUT2D eigenvalue weighted by atomic mass is 16.1. The normalized spacial score (nSPS) is 15.4. The standard InChI is InChI=1S/C16H19NO/c1-4-5-6-15(11-18)17-10-14-9-12(2)7-8-16(14)13(17)3/h4,7-9,11,15H,1,3,5-6,10H2,2H3. The van der Waals surface area contributed by atoms with Gasteiger partial charge in [0.15, 0.2) is 0 Å². The maximum atomic E-state index is 11.2. The Balaban J connectivity index is 2.21. The van der Waals surface area contributed by atoms with Crippen molar-refractivity contribution in [3.63, 3.8) is 0 Å². The Morgan fingerprint density at radius 1 is 1.50 bits per heavy atom. The number of hydrogen-bond acceptors (Lipinski definition) is 2. The molecule has 0 radical (unpaired) electrons. The highest BCUT2D eigenvalue weighted by Gasteiger charge is 2.27. The van der Waals surface area contributed by atoms with E-state index >= 15 is 0 Å².